The fourth-order valence-corrected chi connectivity index (χ4v) is 9.32. The maximum absolute atomic E-state index is 11.7. The summed E-state index contributed by atoms with van der Waals surface area (Å²) in [5, 5.41) is 94.7. The third-order valence-corrected chi connectivity index (χ3v) is 12.8. The van der Waals surface area contributed by atoms with Gasteiger partial charge in [-0.2, -0.15) is 25.3 Å². The Morgan fingerprint density at radius 3 is 0.924 bits per heavy atom. The molecular formula is C36H68O27S3. The van der Waals surface area contributed by atoms with Crippen molar-refractivity contribution in [2.45, 2.75) is 183 Å². The van der Waals surface area contributed by atoms with Crippen LogP contribution in [0.3, 0.4) is 0 Å². The van der Waals surface area contributed by atoms with Gasteiger partial charge in [-0.25, -0.2) is 12.5 Å². The third kappa shape index (κ3) is 19.0. The van der Waals surface area contributed by atoms with E-state index in [0.717, 1.165) is 44.9 Å². The molecule has 66 heavy (non-hydrogen) atoms. The van der Waals surface area contributed by atoms with E-state index in [9.17, 15) is 84.9 Å². The van der Waals surface area contributed by atoms with Crippen LogP contribution >= 0.6 is 0 Å². The fourth-order valence-electron chi connectivity index (χ4n) is 7.79. The van der Waals surface area contributed by atoms with Crippen molar-refractivity contribution in [3.63, 3.8) is 0 Å². The first-order valence-corrected chi connectivity index (χ1v) is 25.7. The molecule has 3 aliphatic rings. The lowest BCUT2D eigenvalue weighted by Crippen LogP contribution is -2.62. The highest BCUT2D eigenvalue weighted by Crippen LogP contribution is 2.36. The third-order valence-electron chi connectivity index (χ3n) is 11.4. The molecule has 3 rings (SSSR count). The zero-order chi connectivity index (χ0) is 49.5. The average molecular weight is 1030 g/mol. The topological polar surface area (TPSA) is 428 Å². The van der Waals surface area contributed by atoms with Crippen LogP contribution in [0.1, 0.15) is 90.4 Å². The zero-order valence-electron chi connectivity index (χ0n) is 36.3. The molecule has 3 fully saturated rings. The molecule has 0 radical (unpaired) electrons. The van der Waals surface area contributed by atoms with E-state index in [1.165, 1.54) is 12.8 Å². The van der Waals surface area contributed by atoms with Gasteiger partial charge in [0.15, 0.2) is 18.9 Å². The highest BCUT2D eigenvalue weighted by atomic mass is 32.3. The van der Waals surface area contributed by atoms with Crippen LogP contribution in [0.4, 0.5) is 0 Å². The predicted octanol–water partition coefficient (Wildman–Crippen LogP) is -3.01. The van der Waals surface area contributed by atoms with Gasteiger partial charge in [-0.3, -0.25) is 13.7 Å². The highest BCUT2D eigenvalue weighted by Gasteiger charge is 2.52. The summed E-state index contributed by atoms with van der Waals surface area (Å²) in [4.78, 5) is 0. The Labute approximate surface area is 383 Å². The van der Waals surface area contributed by atoms with Gasteiger partial charge < -0.3 is 74.4 Å². The van der Waals surface area contributed by atoms with Crippen molar-refractivity contribution in [2.75, 3.05) is 39.6 Å². The molecule has 0 amide bonds. The summed E-state index contributed by atoms with van der Waals surface area (Å²) in [5.41, 5.74) is -1.73. The highest BCUT2D eigenvalue weighted by molar-refractivity contribution is 7.81. The van der Waals surface area contributed by atoms with E-state index in [4.69, 9.17) is 28.4 Å². The number of hydrogen-bond acceptors (Lipinski definition) is 24. The largest absolute Gasteiger partial charge is 0.397 e. The molecule has 0 spiro atoms. The van der Waals surface area contributed by atoms with Crippen LogP contribution in [-0.2, 0) is 72.2 Å². The summed E-state index contributed by atoms with van der Waals surface area (Å²) >= 11 is 0. The van der Waals surface area contributed by atoms with Crippen LogP contribution in [0.5, 0.6) is 0 Å². The standard InChI is InChI=1S/C36H68O27S3/c1-2-3-4-5-6-7-8-9-10-11-12-13-14-36(18-55-33-27(43)30(61-64(46,47)48)24(40)21(15-37)58-33,19-56-34-28(44)31(62-65(49,50)51)25(41)22(16-38)59-34)20-57-35-29(45)32(63-66(52,53)54)26(42)23(17-39)60-35/h21-35,37-45H,2-20H2,1H3,(H,46,47,48)(H,49,50,51)(H,52,53,54)/t21-,22-,23-,24+,25+,26+,27-,28-,29-,30+,31+,32+,33-,34-,35-/m1/s1. The molecule has 0 aromatic carbocycles. The van der Waals surface area contributed by atoms with E-state index in [2.05, 4.69) is 19.5 Å². The Hall–Kier alpha value is -0.990. The number of unbranched alkanes of at least 4 members (excludes halogenated alkanes) is 11. The van der Waals surface area contributed by atoms with Crippen LogP contribution in [0.2, 0.25) is 0 Å². The summed E-state index contributed by atoms with van der Waals surface area (Å²) < 4.78 is 146. The van der Waals surface area contributed by atoms with E-state index < -0.39 is 168 Å². The normalized spacial score (nSPS) is 33.9. The molecule has 3 heterocycles. The lowest BCUT2D eigenvalue weighted by atomic mass is 9.84. The summed E-state index contributed by atoms with van der Waals surface area (Å²) in [6.07, 6.45) is -19.4. The van der Waals surface area contributed by atoms with Crippen LogP contribution in [-0.4, -0.2) is 217 Å². The molecule has 30 heteroatoms. The van der Waals surface area contributed by atoms with Gasteiger partial charge in [-0.15, -0.1) is 0 Å². The number of aliphatic hydroxyl groups is 9. The van der Waals surface area contributed by atoms with E-state index in [0.29, 0.717) is 12.8 Å². The molecule has 3 aliphatic heterocycles. The molecule has 12 N–H and O–H groups in total. The summed E-state index contributed by atoms with van der Waals surface area (Å²) in [6, 6.07) is 0. The van der Waals surface area contributed by atoms with E-state index in [-0.39, 0.29) is 12.8 Å². The Morgan fingerprint density at radius 2 is 0.682 bits per heavy atom. The molecule has 0 aromatic heterocycles. The monoisotopic (exact) mass is 1030 g/mol. The lowest BCUT2D eigenvalue weighted by Gasteiger charge is -2.45. The zero-order valence-corrected chi connectivity index (χ0v) is 38.8. The molecule has 27 nitrogen and oxygen atoms in total. The maximum atomic E-state index is 11.7. The van der Waals surface area contributed by atoms with Gasteiger partial charge in [0.05, 0.1) is 39.6 Å². The predicted molar refractivity (Wildman–Crippen MR) is 219 cm³/mol. The quantitative estimate of drug-likeness (QED) is 0.0243. The van der Waals surface area contributed by atoms with Crippen molar-refractivity contribution in [1.29, 1.82) is 0 Å². The number of aliphatic hydroxyl groups excluding tert-OH is 9. The summed E-state index contributed by atoms with van der Waals surface area (Å²) in [5.74, 6) is 0. The fraction of sp³-hybridized carbons (Fsp3) is 1.00. The minimum atomic E-state index is -5.35. The van der Waals surface area contributed by atoms with Gasteiger partial charge in [0.2, 0.25) is 0 Å². The van der Waals surface area contributed by atoms with Gasteiger partial charge >= 0.3 is 31.2 Å². The first-order chi connectivity index (χ1) is 30.9. The second-order valence-corrected chi connectivity index (χ2v) is 19.8. The Bertz CT molecular complexity index is 1550. The second kappa shape index (κ2) is 27.6. The van der Waals surface area contributed by atoms with Crippen molar-refractivity contribution in [1.82, 2.24) is 0 Å². The summed E-state index contributed by atoms with van der Waals surface area (Å²) in [6.45, 7) is -3.12. The van der Waals surface area contributed by atoms with Crippen LogP contribution in [0.25, 0.3) is 0 Å². The van der Waals surface area contributed by atoms with Crippen molar-refractivity contribution in [3.8, 4) is 0 Å². The van der Waals surface area contributed by atoms with E-state index >= 15 is 0 Å². The Morgan fingerprint density at radius 1 is 0.424 bits per heavy atom. The van der Waals surface area contributed by atoms with Gasteiger partial charge in [0.1, 0.15) is 73.2 Å². The van der Waals surface area contributed by atoms with E-state index in [1.807, 2.05) is 0 Å². The molecule has 15 atom stereocenters. The molecule has 0 aromatic rings. The molecular weight excluding hydrogens is 961 g/mol. The lowest BCUT2D eigenvalue weighted by molar-refractivity contribution is -0.327. The smallest absolute Gasteiger partial charge is 0.394 e. The van der Waals surface area contributed by atoms with Gasteiger partial charge in [-0.1, -0.05) is 84.0 Å². The Balaban J connectivity index is 2.00. The average Bonchev–Trinajstić information content (AvgIpc) is 3.23. The molecule has 0 unspecified atom stereocenters. The summed E-state index contributed by atoms with van der Waals surface area (Å²) in [7, 11) is -16.1. The number of ether oxygens (including phenoxy) is 6. The number of hydrogen-bond donors (Lipinski definition) is 12. The first kappa shape index (κ1) is 59.3. The van der Waals surface area contributed by atoms with Crippen molar-refractivity contribution in [3.05, 3.63) is 0 Å². The molecule has 0 bridgehead atoms. The van der Waals surface area contributed by atoms with Gasteiger partial charge in [-0.05, 0) is 6.42 Å². The van der Waals surface area contributed by atoms with Crippen LogP contribution in [0.15, 0.2) is 0 Å². The van der Waals surface area contributed by atoms with Crippen molar-refractivity contribution in [2.24, 2.45) is 5.41 Å². The van der Waals surface area contributed by atoms with E-state index in [1.54, 1.807) is 0 Å². The minimum absolute atomic E-state index is 0.0656. The molecule has 0 aliphatic carbocycles. The Kier molecular flexibility index (Phi) is 24.8. The van der Waals surface area contributed by atoms with Crippen LogP contribution < -0.4 is 0 Å². The first-order valence-electron chi connectivity index (χ1n) is 21.6. The second-order valence-electron chi connectivity index (χ2n) is 16.7. The molecule has 3 saturated heterocycles. The SMILES string of the molecule is CCCCCCCCCCCCCCC(CO[C@@H]1O[C@H](CO)[C@H](O)[C@H](OS(=O)(=O)O)[C@H]1O)(CO[C@@H]1O[C@H](CO)[C@H](O)[C@H](OS(=O)(=O)O)[C@H]1O)CO[C@@H]1O[C@H](CO)[C@H](O)[C@H](OS(=O)(=O)O)[C@H]1O. The van der Waals surface area contributed by atoms with Crippen molar-refractivity contribution < 1.29 is 126 Å². The molecule has 0 saturated carbocycles. The molecule has 392 valence electrons. The maximum Gasteiger partial charge on any atom is 0.397 e. The van der Waals surface area contributed by atoms with Crippen LogP contribution in [0, 0.1) is 5.41 Å². The van der Waals surface area contributed by atoms with Crippen molar-refractivity contribution >= 4 is 31.2 Å². The minimum Gasteiger partial charge on any atom is -0.394 e. The number of rotatable bonds is 31. The van der Waals surface area contributed by atoms with Gasteiger partial charge in [0, 0.05) is 5.41 Å². The van der Waals surface area contributed by atoms with Gasteiger partial charge in [0.25, 0.3) is 0 Å².